The Kier molecular flexibility index (Phi) is 6.58. The quantitative estimate of drug-likeness (QED) is 0.353. The second-order valence-corrected chi connectivity index (χ2v) is 8.97. The van der Waals surface area contributed by atoms with Gasteiger partial charge in [0.2, 0.25) is 0 Å². The molecule has 6 nitrogen and oxygen atoms in total. The Labute approximate surface area is 205 Å². The fourth-order valence-corrected chi connectivity index (χ4v) is 4.49. The van der Waals surface area contributed by atoms with E-state index in [-0.39, 0.29) is 35.5 Å². The average molecular weight is 501 g/mol. The Morgan fingerprint density at radius 2 is 1.83 bits per heavy atom. The van der Waals surface area contributed by atoms with Gasteiger partial charge in [-0.25, -0.2) is 4.39 Å². The molecule has 1 saturated carbocycles. The van der Waals surface area contributed by atoms with Crippen molar-refractivity contribution in [2.45, 2.75) is 50.7 Å². The fourth-order valence-electron chi connectivity index (χ4n) is 4.49. The lowest BCUT2D eigenvalue weighted by Crippen LogP contribution is -2.37. The second-order valence-electron chi connectivity index (χ2n) is 8.97. The number of hydrogen-bond donors (Lipinski definition) is 0. The summed E-state index contributed by atoms with van der Waals surface area (Å²) >= 11 is 0. The number of piperidine rings is 1. The van der Waals surface area contributed by atoms with Crippen LogP contribution in [0.2, 0.25) is 0 Å². The van der Waals surface area contributed by atoms with Crippen molar-refractivity contribution in [3.05, 3.63) is 65.2 Å². The lowest BCUT2D eigenvalue weighted by Gasteiger charge is -2.33. The number of anilines is 1. The summed E-state index contributed by atoms with van der Waals surface area (Å²) in [6, 6.07) is 12.3. The minimum atomic E-state index is -4.83. The van der Waals surface area contributed by atoms with Crippen LogP contribution >= 0.6 is 0 Å². The van der Waals surface area contributed by atoms with Gasteiger partial charge in [-0.05, 0) is 56.0 Å². The van der Waals surface area contributed by atoms with Gasteiger partial charge in [0.25, 0.3) is 0 Å². The molecule has 2 aromatic carbocycles. The summed E-state index contributed by atoms with van der Waals surface area (Å²) in [5.74, 6) is -0.0495. The highest BCUT2D eigenvalue weighted by Gasteiger charge is 2.36. The molecule has 36 heavy (non-hydrogen) atoms. The number of para-hydroxylation sites is 1. The van der Waals surface area contributed by atoms with Gasteiger partial charge in [0.15, 0.2) is 0 Å². The van der Waals surface area contributed by atoms with Crippen LogP contribution in [-0.4, -0.2) is 30.7 Å². The summed E-state index contributed by atoms with van der Waals surface area (Å²) in [6.45, 7) is 1.44. The van der Waals surface area contributed by atoms with Crippen molar-refractivity contribution in [2.75, 3.05) is 18.0 Å². The van der Waals surface area contributed by atoms with Crippen molar-refractivity contribution in [1.82, 2.24) is 5.16 Å². The highest BCUT2D eigenvalue weighted by Crippen LogP contribution is 2.45. The van der Waals surface area contributed by atoms with Gasteiger partial charge >= 0.3 is 6.36 Å². The van der Waals surface area contributed by atoms with Crippen LogP contribution in [0.4, 0.5) is 23.2 Å². The summed E-state index contributed by atoms with van der Waals surface area (Å²) in [5.41, 5.74) is 1.86. The third-order valence-electron chi connectivity index (χ3n) is 6.48. The molecule has 2 fully saturated rings. The first-order chi connectivity index (χ1) is 17.3. The van der Waals surface area contributed by atoms with E-state index in [1.807, 2.05) is 11.0 Å². The maximum absolute atomic E-state index is 14.0. The van der Waals surface area contributed by atoms with Gasteiger partial charge in [-0.2, -0.15) is 5.26 Å². The molecule has 0 spiro atoms. The number of rotatable bonds is 7. The molecule has 0 bridgehead atoms. The third-order valence-corrected chi connectivity index (χ3v) is 6.48. The molecular weight excluding hydrogens is 478 g/mol. The van der Waals surface area contributed by atoms with Crippen molar-refractivity contribution in [2.24, 2.45) is 0 Å². The van der Waals surface area contributed by atoms with E-state index in [4.69, 9.17) is 14.5 Å². The number of alkyl halides is 3. The zero-order chi connectivity index (χ0) is 25.3. The van der Waals surface area contributed by atoms with E-state index in [1.54, 1.807) is 12.1 Å². The first kappa shape index (κ1) is 24.1. The van der Waals surface area contributed by atoms with Crippen LogP contribution < -0.4 is 9.64 Å². The van der Waals surface area contributed by atoms with Crippen LogP contribution in [0, 0.1) is 17.1 Å². The first-order valence-electron chi connectivity index (χ1n) is 11.7. The summed E-state index contributed by atoms with van der Waals surface area (Å²) in [4.78, 5) is 2.04. The molecule has 3 aromatic rings. The lowest BCUT2D eigenvalue weighted by atomic mass is 10.0. The van der Waals surface area contributed by atoms with Gasteiger partial charge in [-0.3, -0.25) is 0 Å². The SMILES string of the molecule is N#Cc1ccc(N2CCC(OCc3c(-c4ccccc4OC(F)(F)F)noc3C3CC3)CC2)cc1F. The zero-order valence-corrected chi connectivity index (χ0v) is 19.2. The smallest absolute Gasteiger partial charge is 0.405 e. The second kappa shape index (κ2) is 9.82. The van der Waals surface area contributed by atoms with E-state index < -0.39 is 12.2 Å². The molecule has 1 aliphatic carbocycles. The number of halogens is 4. The standard InChI is InChI=1S/C26H23F4N3O3/c27-22-13-18(8-7-17(22)14-31)33-11-9-19(10-12-33)34-15-21-24(32-36-25(21)16-5-6-16)20-3-1-2-4-23(20)35-26(28,29)30/h1-4,7-8,13,16,19H,5-6,9-12,15H2. The first-order valence-corrected chi connectivity index (χ1v) is 11.7. The fraction of sp³-hybridized carbons (Fsp3) is 0.385. The number of benzene rings is 2. The Hall–Kier alpha value is -3.58. The molecule has 10 heteroatoms. The molecule has 0 amide bonds. The van der Waals surface area contributed by atoms with Crippen molar-refractivity contribution >= 4 is 5.69 Å². The van der Waals surface area contributed by atoms with Gasteiger partial charge in [0, 0.05) is 35.8 Å². The van der Waals surface area contributed by atoms with Gasteiger partial charge in [0.1, 0.15) is 29.1 Å². The largest absolute Gasteiger partial charge is 0.573 e. The van der Waals surface area contributed by atoms with E-state index in [0.29, 0.717) is 48.6 Å². The minimum Gasteiger partial charge on any atom is -0.405 e. The molecule has 0 atom stereocenters. The van der Waals surface area contributed by atoms with Crippen LogP contribution in [0.15, 0.2) is 47.0 Å². The Morgan fingerprint density at radius 1 is 1.08 bits per heavy atom. The van der Waals surface area contributed by atoms with Crippen LogP contribution in [0.1, 0.15) is 48.5 Å². The maximum atomic E-state index is 14.0. The predicted octanol–water partition coefficient (Wildman–Crippen LogP) is 6.31. The van der Waals surface area contributed by atoms with Crippen molar-refractivity contribution < 1.29 is 31.6 Å². The molecule has 0 radical (unpaired) electrons. The van der Waals surface area contributed by atoms with E-state index >= 15 is 0 Å². The van der Waals surface area contributed by atoms with Crippen molar-refractivity contribution in [1.29, 1.82) is 5.26 Å². The highest BCUT2D eigenvalue weighted by atomic mass is 19.4. The van der Waals surface area contributed by atoms with Gasteiger partial charge in [-0.1, -0.05) is 17.3 Å². The number of nitrogens with zero attached hydrogens (tertiary/aromatic N) is 3. The number of hydrogen-bond acceptors (Lipinski definition) is 6. The minimum absolute atomic E-state index is 0.00942. The highest BCUT2D eigenvalue weighted by molar-refractivity contribution is 5.70. The normalized spacial score (nSPS) is 16.7. The van der Waals surface area contributed by atoms with E-state index in [0.717, 1.165) is 12.8 Å². The van der Waals surface area contributed by atoms with Crippen molar-refractivity contribution in [3.8, 4) is 23.1 Å². The molecule has 0 unspecified atom stereocenters. The lowest BCUT2D eigenvalue weighted by molar-refractivity contribution is -0.274. The van der Waals surface area contributed by atoms with E-state index in [1.165, 1.54) is 30.3 Å². The number of aromatic nitrogens is 1. The molecule has 188 valence electrons. The molecule has 5 rings (SSSR count). The Morgan fingerprint density at radius 3 is 2.50 bits per heavy atom. The van der Waals surface area contributed by atoms with Crippen molar-refractivity contribution in [3.63, 3.8) is 0 Å². The zero-order valence-electron chi connectivity index (χ0n) is 19.2. The molecule has 1 aromatic heterocycles. The van der Waals surface area contributed by atoms with Gasteiger partial charge < -0.3 is 18.9 Å². The summed E-state index contributed by atoms with van der Waals surface area (Å²) in [6.07, 6.45) is -1.67. The molecular formula is C26H23F4N3O3. The number of ether oxygens (including phenoxy) is 2. The summed E-state index contributed by atoms with van der Waals surface area (Å²) in [5, 5.41) is 13.0. The van der Waals surface area contributed by atoms with Gasteiger partial charge in [0.05, 0.1) is 18.3 Å². The average Bonchev–Trinajstić information content (AvgIpc) is 3.62. The van der Waals surface area contributed by atoms with Gasteiger partial charge in [-0.15, -0.1) is 13.2 Å². The van der Waals surface area contributed by atoms with Crippen LogP contribution in [0.25, 0.3) is 11.3 Å². The topological polar surface area (TPSA) is 71.5 Å². The summed E-state index contributed by atoms with van der Waals surface area (Å²) in [7, 11) is 0. The third kappa shape index (κ3) is 5.31. The predicted molar refractivity (Wildman–Crippen MR) is 122 cm³/mol. The number of nitriles is 1. The Balaban J connectivity index is 1.29. The van der Waals surface area contributed by atoms with Crippen LogP contribution in [0.5, 0.6) is 5.75 Å². The molecule has 2 aliphatic rings. The monoisotopic (exact) mass is 501 g/mol. The molecule has 0 N–H and O–H groups in total. The Bertz CT molecular complexity index is 1270. The summed E-state index contributed by atoms with van der Waals surface area (Å²) < 4.78 is 68.9. The molecule has 2 heterocycles. The molecule has 1 saturated heterocycles. The maximum Gasteiger partial charge on any atom is 0.573 e. The van der Waals surface area contributed by atoms with E-state index in [2.05, 4.69) is 9.89 Å². The van der Waals surface area contributed by atoms with Crippen LogP contribution in [0.3, 0.4) is 0 Å². The van der Waals surface area contributed by atoms with E-state index in [9.17, 15) is 17.6 Å². The molecule has 1 aliphatic heterocycles. The van der Waals surface area contributed by atoms with Crippen LogP contribution in [-0.2, 0) is 11.3 Å².